The Balaban J connectivity index is 1.55. The summed E-state index contributed by atoms with van der Waals surface area (Å²) in [7, 11) is 0. The highest BCUT2D eigenvalue weighted by atomic mass is 16.2. The maximum atomic E-state index is 13.2. The van der Waals surface area contributed by atoms with Crippen LogP contribution in [0.2, 0.25) is 0 Å². The van der Waals surface area contributed by atoms with Crippen LogP contribution in [-0.2, 0) is 17.6 Å². The summed E-state index contributed by atoms with van der Waals surface area (Å²) in [6.45, 7) is 7.58. The predicted molar refractivity (Wildman–Crippen MR) is 121 cm³/mol. The average Bonchev–Trinajstić information content (AvgIpc) is 3.10. The molecule has 2 aromatic rings. The van der Waals surface area contributed by atoms with Crippen LogP contribution in [0.5, 0.6) is 0 Å². The molecule has 0 unspecified atom stereocenters. The van der Waals surface area contributed by atoms with Gasteiger partial charge in [0.25, 0.3) is 5.91 Å². The van der Waals surface area contributed by atoms with Gasteiger partial charge in [0.05, 0.1) is 0 Å². The Labute approximate surface area is 184 Å². The summed E-state index contributed by atoms with van der Waals surface area (Å²) in [5.41, 5.74) is 4.02. The van der Waals surface area contributed by atoms with Gasteiger partial charge in [-0.1, -0.05) is 43.7 Å². The molecule has 1 N–H and O–H groups in total. The van der Waals surface area contributed by atoms with Crippen molar-refractivity contribution in [1.82, 2.24) is 14.8 Å². The Hall–Kier alpha value is -2.89. The molecule has 0 aliphatic carbocycles. The third-order valence-electron chi connectivity index (χ3n) is 5.98. The molecule has 31 heavy (non-hydrogen) atoms. The summed E-state index contributed by atoms with van der Waals surface area (Å²) < 4.78 is 0. The number of aryl methyl sites for hydroxylation is 2. The summed E-state index contributed by atoms with van der Waals surface area (Å²) in [5.74, 6) is 0.0710. The van der Waals surface area contributed by atoms with Crippen molar-refractivity contribution in [3.05, 3.63) is 58.4 Å². The van der Waals surface area contributed by atoms with Gasteiger partial charge in [-0.15, -0.1) is 0 Å². The third kappa shape index (κ3) is 5.43. The molecule has 1 fully saturated rings. The number of nitrogens with zero attached hydrogens (tertiary/aromatic N) is 2. The smallest absolute Gasteiger partial charge is 0.270 e. The number of aromatic nitrogens is 1. The lowest BCUT2D eigenvalue weighted by Gasteiger charge is -2.35. The van der Waals surface area contributed by atoms with Gasteiger partial charge in [0.2, 0.25) is 5.91 Å². The molecular weight excluding hydrogens is 390 g/mol. The standard InChI is InChI=1S/C25H33N3O3/c1-4-9-21-23(19(3)29)18(2)26-24(21)25(31)28-16-14-27(15-17-28)22(30)13-8-12-20-10-6-5-7-11-20/h5-7,10-11,26H,4,8-9,12-17H2,1-3H3. The molecule has 2 heterocycles. The summed E-state index contributed by atoms with van der Waals surface area (Å²) in [4.78, 5) is 44.6. The van der Waals surface area contributed by atoms with Gasteiger partial charge < -0.3 is 14.8 Å². The van der Waals surface area contributed by atoms with Crippen molar-refractivity contribution in [2.24, 2.45) is 0 Å². The molecule has 1 aliphatic rings. The zero-order chi connectivity index (χ0) is 22.4. The van der Waals surface area contributed by atoms with Crippen LogP contribution in [0, 0.1) is 6.92 Å². The third-order valence-corrected chi connectivity index (χ3v) is 5.98. The molecule has 0 spiro atoms. The summed E-state index contributed by atoms with van der Waals surface area (Å²) in [6.07, 6.45) is 3.82. The zero-order valence-corrected chi connectivity index (χ0v) is 18.9. The van der Waals surface area contributed by atoms with Gasteiger partial charge in [-0.25, -0.2) is 0 Å². The number of ketones is 1. The van der Waals surface area contributed by atoms with E-state index >= 15 is 0 Å². The Kier molecular flexibility index (Phi) is 7.66. The first-order valence-corrected chi connectivity index (χ1v) is 11.3. The van der Waals surface area contributed by atoms with Gasteiger partial charge in [0, 0.05) is 43.9 Å². The molecular formula is C25H33N3O3. The summed E-state index contributed by atoms with van der Waals surface area (Å²) in [5, 5.41) is 0. The summed E-state index contributed by atoms with van der Waals surface area (Å²) >= 11 is 0. The number of rotatable bonds is 8. The topological polar surface area (TPSA) is 73.5 Å². The maximum absolute atomic E-state index is 13.2. The number of piperazine rings is 1. The van der Waals surface area contributed by atoms with Gasteiger partial charge in [-0.3, -0.25) is 14.4 Å². The minimum atomic E-state index is -0.0739. The number of benzene rings is 1. The molecule has 6 nitrogen and oxygen atoms in total. The van der Waals surface area contributed by atoms with Crippen LogP contribution >= 0.6 is 0 Å². The number of nitrogens with one attached hydrogen (secondary N) is 1. The van der Waals surface area contributed by atoms with Crippen molar-refractivity contribution < 1.29 is 14.4 Å². The van der Waals surface area contributed by atoms with Crippen molar-refractivity contribution in [1.29, 1.82) is 0 Å². The number of hydrogen-bond donors (Lipinski definition) is 1. The second-order valence-corrected chi connectivity index (χ2v) is 8.30. The van der Waals surface area contributed by atoms with E-state index in [0.717, 1.165) is 30.5 Å². The van der Waals surface area contributed by atoms with Gasteiger partial charge >= 0.3 is 0 Å². The molecule has 1 aromatic carbocycles. The molecule has 1 aromatic heterocycles. The van der Waals surface area contributed by atoms with Crippen LogP contribution in [0.3, 0.4) is 0 Å². The lowest BCUT2D eigenvalue weighted by Crippen LogP contribution is -2.50. The lowest BCUT2D eigenvalue weighted by atomic mass is 10.0. The minimum absolute atomic E-state index is 0.0119. The van der Waals surface area contributed by atoms with Crippen LogP contribution < -0.4 is 0 Å². The molecule has 1 aliphatic heterocycles. The minimum Gasteiger partial charge on any atom is -0.354 e. The van der Waals surface area contributed by atoms with Gasteiger partial charge in [0.1, 0.15) is 5.69 Å². The monoisotopic (exact) mass is 423 g/mol. The van der Waals surface area contributed by atoms with Crippen LogP contribution in [-0.4, -0.2) is 58.6 Å². The molecule has 6 heteroatoms. The van der Waals surface area contributed by atoms with E-state index in [2.05, 4.69) is 17.1 Å². The SMILES string of the molecule is CCCc1c(C(=O)N2CCN(C(=O)CCCc3ccccc3)CC2)[nH]c(C)c1C(C)=O. The predicted octanol–water partition coefficient (Wildman–Crippen LogP) is 3.79. The molecule has 1 saturated heterocycles. The molecule has 2 amide bonds. The van der Waals surface area contributed by atoms with E-state index in [1.54, 1.807) is 11.8 Å². The highest BCUT2D eigenvalue weighted by Gasteiger charge is 2.29. The van der Waals surface area contributed by atoms with Crippen molar-refractivity contribution >= 4 is 17.6 Å². The van der Waals surface area contributed by atoms with Gasteiger partial charge in [-0.2, -0.15) is 0 Å². The molecule has 0 atom stereocenters. The number of carbonyl (C=O) groups excluding carboxylic acids is 3. The normalized spacial score (nSPS) is 14.0. The largest absolute Gasteiger partial charge is 0.354 e. The zero-order valence-electron chi connectivity index (χ0n) is 18.9. The Morgan fingerprint density at radius 2 is 1.61 bits per heavy atom. The first-order chi connectivity index (χ1) is 14.9. The summed E-state index contributed by atoms with van der Waals surface area (Å²) in [6, 6.07) is 10.2. The maximum Gasteiger partial charge on any atom is 0.270 e. The number of H-pyrrole nitrogens is 1. The second kappa shape index (κ2) is 10.4. The molecule has 0 radical (unpaired) electrons. The van der Waals surface area contributed by atoms with E-state index in [1.165, 1.54) is 5.56 Å². The number of hydrogen-bond acceptors (Lipinski definition) is 3. The number of carbonyl (C=O) groups is 3. The van der Waals surface area contributed by atoms with Crippen LogP contribution in [0.25, 0.3) is 0 Å². The number of amides is 2. The van der Waals surface area contributed by atoms with Crippen molar-refractivity contribution in [3.63, 3.8) is 0 Å². The molecule has 0 bridgehead atoms. The fraction of sp³-hybridized carbons (Fsp3) is 0.480. The van der Waals surface area contributed by atoms with Crippen molar-refractivity contribution in [2.75, 3.05) is 26.2 Å². The molecule has 0 saturated carbocycles. The lowest BCUT2D eigenvalue weighted by molar-refractivity contribution is -0.132. The second-order valence-electron chi connectivity index (χ2n) is 8.30. The first-order valence-electron chi connectivity index (χ1n) is 11.3. The van der Waals surface area contributed by atoms with E-state index in [0.29, 0.717) is 50.3 Å². The van der Waals surface area contributed by atoms with E-state index in [-0.39, 0.29) is 17.6 Å². The molecule has 166 valence electrons. The fourth-order valence-electron chi connectivity index (χ4n) is 4.40. The van der Waals surface area contributed by atoms with E-state index in [1.807, 2.05) is 36.9 Å². The van der Waals surface area contributed by atoms with Crippen LogP contribution in [0.4, 0.5) is 0 Å². The highest BCUT2D eigenvalue weighted by Crippen LogP contribution is 2.23. The van der Waals surface area contributed by atoms with Gasteiger partial charge in [-0.05, 0) is 44.2 Å². The van der Waals surface area contributed by atoms with Crippen molar-refractivity contribution in [3.8, 4) is 0 Å². The van der Waals surface area contributed by atoms with Crippen LogP contribution in [0.1, 0.15) is 70.8 Å². The Bertz CT molecular complexity index is 925. The average molecular weight is 424 g/mol. The number of aromatic amines is 1. The van der Waals surface area contributed by atoms with Crippen LogP contribution in [0.15, 0.2) is 30.3 Å². The fourth-order valence-corrected chi connectivity index (χ4v) is 4.40. The quantitative estimate of drug-likeness (QED) is 0.657. The van der Waals surface area contributed by atoms with Crippen molar-refractivity contribution in [2.45, 2.75) is 52.9 Å². The van der Waals surface area contributed by atoms with E-state index in [9.17, 15) is 14.4 Å². The first kappa shape index (κ1) is 22.8. The number of Topliss-reactive ketones (excluding diaryl/α,β-unsaturated/α-hetero) is 1. The Morgan fingerprint density at radius 3 is 2.23 bits per heavy atom. The molecule has 3 rings (SSSR count). The van der Waals surface area contributed by atoms with Gasteiger partial charge in [0.15, 0.2) is 5.78 Å². The Morgan fingerprint density at radius 1 is 0.968 bits per heavy atom. The van der Waals surface area contributed by atoms with E-state index < -0.39 is 0 Å². The highest BCUT2D eigenvalue weighted by molar-refractivity contribution is 6.02. The van der Waals surface area contributed by atoms with E-state index in [4.69, 9.17) is 0 Å².